The van der Waals surface area contributed by atoms with E-state index in [1.807, 2.05) is 7.05 Å². The molecule has 1 aromatic carbocycles. The zero-order chi connectivity index (χ0) is 20.0. The van der Waals surface area contributed by atoms with Crippen molar-refractivity contribution in [1.82, 2.24) is 10.2 Å². The lowest BCUT2D eigenvalue weighted by molar-refractivity contribution is 0.00989. The van der Waals surface area contributed by atoms with Crippen LogP contribution in [0.1, 0.15) is 24.8 Å². The summed E-state index contributed by atoms with van der Waals surface area (Å²) in [5.74, 6) is 0.958. The molecule has 1 aromatic rings. The second kappa shape index (κ2) is 15.7. The molecule has 1 heterocycles. The van der Waals surface area contributed by atoms with Crippen molar-refractivity contribution in [3.63, 3.8) is 0 Å². The quantitative estimate of drug-likeness (QED) is 0.203. The Balaban J connectivity index is 0.00000420. The molecule has 8 heteroatoms. The minimum absolute atomic E-state index is 0. The third-order valence-corrected chi connectivity index (χ3v) is 4.84. The SMILES string of the molecule is CN=C(NCc1ccc(NCCOC)cc1)N1CCC(OCCCOC)CC1.I. The molecule has 0 saturated carbocycles. The van der Waals surface area contributed by atoms with E-state index in [4.69, 9.17) is 14.2 Å². The summed E-state index contributed by atoms with van der Waals surface area (Å²) in [6.07, 6.45) is 3.38. The predicted octanol–water partition coefficient (Wildman–Crippen LogP) is 2.96. The number of piperidine rings is 1. The number of likely N-dealkylation sites (tertiary alicyclic amines) is 1. The van der Waals surface area contributed by atoms with Gasteiger partial charge in [-0.1, -0.05) is 12.1 Å². The molecule has 0 radical (unpaired) electrons. The molecule has 1 aliphatic rings. The first-order valence-corrected chi connectivity index (χ1v) is 10.1. The van der Waals surface area contributed by atoms with E-state index in [0.29, 0.717) is 12.7 Å². The number of halogens is 1. The summed E-state index contributed by atoms with van der Waals surface area (Å²) < 4.78 is 16.1. The van der Waals surface area contributed by atoms with Gasteiger partial charge in [0.25, 0.3) is 0 Å². The second-order valence-electron chi connectivity index (χ2n) is 6.92. The molecule has 1 fully saturated rings. The molecule has 0 aromatic heterocycles. The molecule has 7 nitrogen and oxygen atoms in total. The molecule has 2 rings (SSSR count). The summed E-state index contributed by atoms with van der Waals surface area (Å²) in [4.78, 5) is 6.77. The molecule has 0 aliphatic carbocycles. The van der Waals surface area contributed by atoms with Gasteiger partial charge >= 0.3 is 0 Å². The number of benzene rings is 1. The monoisotopic (exact) mass is 520 g/mol. The lowest BCUT2D eigenvalue weighted by atomic mass is 10.1. The Labute approximate surface area is 192 Å². The van der Waals surface area contributed by atoms with Crippen LogP contribution < -0.4 is 10.6 Å². The van der Waals surface area contributed by atoms with Crippen LogP contribution in [0.4, 0.5) is 5.69 Å². The number of rotatable bonds is 11. The summed E-state index contributed by atoms with van der Waals surface area (Å²) in [7, 11) is 5.28. The number of nitrogens with one attached hydrogen (secondary N) is 2. The fourth-order valence-electron chi connectivity index (χ4n) is 3.24. The number of aliphatic imine (C=N–C) groups is 1. The number of hydrogen-bond donors (Lipinski definition) is 2. The molecule has 29 heavy (non-hydrogen) atoms. The topological polar surface area (TPSA) is 67.4 Å². The zero-order valence-electron chi connectivity index (χ0n) is 18.0. The van der Waals surface area contributed by atoms with E-state index in [-0.39, 0.29) is 24.0 Å². The minimum atomic E-state index is 0. The number of hydrogen-bond acceptors (Lipinski definition) is 5. The summed E-state index contributed by atoms with van der Waals surface area (Å²) in [5.41, 5.74) is 2.34. The minimum Gasteiger partial charge on any atom is -0.385 e. The van der Waals surface area contributed by atoms with Crippen LogP contribution in [0.15, 0.2) is 29.3 Å². The summed E-state index contributed by atoms with van der Waals surface area (Å²) in [6.45, 7) is 5.76. The fraction of sp³-hybridized carbons (Fsp3) is 0.667. The van der Waals surface area contributed by atoms with Crippen molar-refractivity contribution in [3.05, 3.63) is 29.8 Å². The van der Waals surface area contributed by atoms with Crippen LogP contribution in [0.3, 0.4) is 0 Å². The Hall–Kier alpha value is -1.10. The molecule has 0 amide bonds. The first-order valence-electron chi connectivity index (χ1n) is 10.1. The smallest absolute Gasteiger partial charge is 0.193 e. The molecule has 0 unspecified atom stereocenters. The highest BCUT2D eigenvalue weighted by molar-refractivity contribution is 14.0. The summed E-state index contributed by atoms with van der Waals surface area (Å²) in [5, 5.41) is 6.81. The van der Waals surface area contributed by atoms with Crippen molar-refractivity contribution in [3.8, 4) is 0 Å². The van der Waals surface area contributed by atoms with E-state index in [0.717, 1.165) is 70.3 Å². The average Bonchev–Trinajstić information content (AvgIpc) is 2.74. The van der Waals surface area contributed by atoms with Gasteiger partial charge in [-0.05, 0) is 37.0 Å². The van der Waals surface area contributed by atoms with Gasteiger partial charge in [0.2, 0.25) is 0 Å². The molecular formula is C21H37IN4O3. The van der Waals surface area contributed by atoms with Crippen LogP contribution in [0.5, 0.6) is 0 Å². The van der Waals surface area contributed by atoms with Crippen LogP contribution in [0.25, 0.3) is 0 Å². The van der Waals surface area contributed by atoms with Crippen molar-refractivity contribution < 1.29 is 14.2 Å². The highest BCUT2D eigenvalue weighted by Crippen LogP contribution is 2.15. The van der Waals surface area contributed by atoms with Gasteiger partial charge in [0.1, 0.15) is 0 Å². The van der Waals surface area contributed by atoms with Crippen molar-refractivity contribution in [2.45, 2.75) is 31.9 Å². The summed E-state index contributed by atoms with van der Waals surface area (Å²) >= 11 is 0. The van der Waals surface area contributed by atoms with Crippen molar-refractivity contribution in [2.75, 3.05) is 66.0 Å². The largest absolute Gasteiger partial charge is 0.385 e. The zero-order valence-corrected chi connectivity index (χ0v) is 20.3. The van der Waals surface area contributed by atoms with Gasteiger partial charge in [0, 0.05) is 66.3 Å². The van der Waals surface area contributed by atoms with Crippen molar-refractivity contribution in [2.24, 2.45) is 4.99 Å². The van der Waals surface area contributed by atoms with Crippen LogP contribution >= 0.6 is 24.0 Å². The molecule has 0 atom stereocenters. The van der Waals surface area contributed by atoms with Gasteiger partial charge in [-0.3, -0.25) is 4.99 Å². The summed E-state index contributed by atoms with van der Waals surface area (Å²) in [6, 6.07) is 8.47. The van der Waals surface area contributed by atoms with Gasteiger partial charge in [-0.15, -0.1) is 24.0 Å². The van der Waals surface area contributed by atoms with E-state index in [1.54, 1.807) is 14.2 Å². The fourth-order valence-corrected chi connectivity index (χ4v) is 3.24. The molecular weight excluding hydrogens is 483 g/mol. The first kappa shape index (κ1) is 25.9. The normalized spacial score (nSPS) is 15.1. The first-order chi connectivity index (χ1) is 13.8. The van der Waals surface area contributed by atoms with Gasteiger partial charge in [0.05, 0.1) is 12.7 Å². The van der Waals surface area contributed by atoms with Crippen LogP contribution in [-0.2, 0) is 20.8 Å². The molecule has 0 spiro atoms. The molecule has 166 valence electrons. The van der Waals surface area contributed by atoms with E-state index >= 15 is 0 Å². The maximum atomic E-state index is 5.94. The lowest BCUT2D eigenvalue weighted by Crippen LogP contribution is -2.46. The van der Waals surface area contributed by atoms with E-state index in [2.05, 4.69) is 44.8 Å². The van der Waals surface area contributed by atoms with Gasteiger partial charge < -0.3 is 29.7 Å². The molecule has 1 aliphatic heterocycles. The standard InChI is InChI=1S/C21H36N4O3.HI/c1-22-21(25-12-9-20(10-13-25)28-15-4-14-26-2)24-17-18-5-7-19(8-6-18)23-11-16-27-3;/h5-8,20,23H,4,9-17H2,1-3H3,(H,22,24);1H. The van der Waals surface area contributed by atoms with Crippen LogP contribution in [0, 0.1) is 0 Å². The average molecular weight is 520 g/mol. The number of anilines is 1. The second-order valence-corrected chi connectivity index (χ2v) is 6.92. The van der Waals surface area contributed by atoms with Crippen LogP contribution in [0.2, 0.25) is 0 Å². The van der Waals surface area contributed by atoms with Crippen LogP contribution in [-0.4, -0.2) is 77.7 Å². The maximum Gasteiger partial charge on any atom is 0.193 e. The van der Waals surface area contributed by atoms with E-state index < -0.39 is 0 Å². The van der Waals surface area contributed by atoms with Crippen molar-refractivity contribution >= 4 is 35.6 Å². The number of ether oxygens (including phenoxy) is 3. The number of methoxy groups -OCH3 is 2. The Bertz CT molecular complexity index is 564. The molecule has 2 N–H and O–H groups in total. The maximum absolute atomic E-state index is 5.94. The van der Waals surface area contributed by atoms with Gasteiger partial charge in [-0.25, -0.2) is 0 Å². The molecule has 0 bridgehead atoms. The van der Waals surface area contributed by atoms with E-state index in [1.165, 1.54) is 5.56 Å². The van der Waals surface area contributed by atoms with E-state index in [9.17, 15) is 0 Å². The Morgan fingerprint density at radius 3 is 2.38 bits per heavy atom. The number of nitrogens with zero attached hydrogens (tertiary/aromatic N) is 2. The highest BCUT2D eigenvalue weighted by atomic mass is 127. The molecule has 1 saturated heterocycles. The number of guanidine groups is 1. The predicted molar refractivity (Wildman–Crippen MR) is 129 cm³/mol. The Morgan fingerprint density at radius 1 is 1.07 bits per heavy atom. The Kier molecular flexibility index (Phi) is 14.0. The Morgan fingerprint density at radius 2 is 1.76 bits per heavy atom. The third kappa shape index (κ3) is 9.97. The highest BCUT2D eigenvalue weighted by Gasteiger charge is 2.21. The van der Waals surface area contributed by atoms with Crippen molar-refractivity contribution in [1.29, 1.82) is 0 Å². The lowest BCUT2D eigenvalue weighted by Gasteiger charge is -2.34. The third-order valence-electron chi connectivity index (χ3n) is 4.84. The van der Waals surface area contributed by atoms with Gasteiger partial charge in [-0.2, -0.15) is 0 Å². The van der Waals surface area contributed by atoms with Gasteiger partial charge in [0.15, 0.2) is 5.96 Å².